The highest BCUT2D eigenvalue weighted by Gasteiger charge is 2.09. The fourth-order valence-electron chi connectivity index (χ4n) is 1.68. The molecule has 2 N–H and O–H groups in total. The molecule has 4 nitrogen and oxygen atoms in total. The highest BCUT2D eigenvalue weighted by molar-refractivity contribution is 5.34. The molecule has 0 aromatic heterocycles. The average molecular weight is 272 g/mol. The van der Waals surface area contributed by atoms with Crippen LogP contribution in [-0.4, -0.2) is 30.4 Å². The minimum Gasteiger partial charge on any atom is -0.491 e. The van der Waals surface area contributed by atoms with Gasteiger partial charge in [-0.25, -0.2) is 0 Å². The van der Waals surface area contributed by atoms with E-state index in [0.717, 1.165) is 6.42 Å². The molecule has 0 spiro atoms. The first-order valence-corrected chi connectivity index (χ1v) is 6.67. The molecule has 0 amide bonds. The molecule has 0 fully saturated rings. The number of terminal acetylenes is 1. The smallest absolute Gasteiger partial charge is 0.119 e. The third-order valence-corrected chi connectivity index (χ3v) is 2.93. The largest absolute Gasteiger partial charge is 0.491 e. The van der Waals surface area contributed by atoms with Crippen molar-refractivity contribution in [2.24, 2.45) is 0 Å². The third-order valence-electron chi connectivity index (χ3n) is 2.93. The molecule has 1 aromatic rings. The van der Waals surface area contributed by atoms with Gasteiger partial charge < -0.3 is 15.2 Å². The summed E-state index contributed by atoms with van der Waals surface area (Å²) in [5, 5.41) is 21.7. The molecular formula is C16H20N2O2. The molecule has 0 aliphatic carbocycles. The first-order valence-electron chi connectivity index (χ1n) is 6.67. The van der Waals surface area contributed by atoms with Crippen molar-refractivity contribution in [3.05, 3.63) is 29.8 Å². The Morgan fingerprint density at radius 1 is 1.40 bits per heavy atom. The van der Waals surface area contributed by atoms with Gasteiger partial charge in [-0.05, 0) is 30.7 Å². The van der Waals surface area contributed by atoms with Crippen molar-refractivity contribution in [2.75, 3.05) is 13.2 Å². The van der Waals surface area contributed by atoms with Gasteiger partial charge in [0.05, 0.1) is 11.6 Å². The molecule has 2 atom stereocenters. The van der Waals surface area contributed by atoms with Crippen molar-refractivity contribution in [1.29, 1.82) is 5.26 Å². The molecule has 0 saturated carbocycles. The van der Waals surface area contributed by atoms with E-state index in [9.17, 15) is 5.11 Å². The molecule has 0 heterocycles. The lowest BCUT2D eigenvalue weighted by molar-refractivity contribution is 0.103. The summed E-state index contributed by atoms with van der Waals surface area (Å²) in [5.41, 5.74) is 0.583. The average Bonchev–Trinajstić information content (AvgIpc) is 2.49. The Hall–Kier alpha value is -2.01. The molecule has 4 heteroatoms. The fraction of sp³-hybridized carbons (Fsp3) is 0.438. The topological polar surface area (TPSA) is 65.3 Å². The number of nitriles is 1. The minimum atomic E-state index is -0.600. The monoisotopic (exact) mass is 272 g/mol. The van der Waals surface area contributed by atoms with Crippen LogP contribution in [0.25, 0.3) is 0 Å². The molecule has 1 aromatic carbocycles. The number of rotatable bonds is 8. The number of hydrogen-bond acceptors (Lipinski definition) is 4. The Balaban J connectivity index is 2.30. The zero-order chi connectivity index (χ0) is 14.8. The zero-order valence-corrected chi connectivity index (χ0v) is 11.7. The second-order valence-corrected chi connectivity index (χ2v) is 4.52. The fourth-order valence-corrected chi connectivity index (χ4v) is 1.68. The van der Waals surface area contributed by atoms with E-state index in [1.54, 1.807) is 24.3 Å². The van der Waals surface area contributed by atoms with Crippen LogP contribution in [0.5, 0.6) is 5.75 Å². The van der Waals surface area contributed by atoms with Crippen LogP contribution in [0.3, 0.4) is 0 Å². The van der Waals surface area contributed by atoms with Crippen LogP contribution in [0.4, 0.5) is 0 Å². The molecule has 0 aliphatic heterocycles. The Bertz CT molecular complexity index is 471. The van der Waals surface area contributed by atoms with Crippen molar-refractivity contribution in [2.45, 2.75) is 31.9 Å². The highest BCUT2D eigenvalue weighted by Crippen LogP contribution is 2.11. The molecule has 0 radical (unpaired) electrons. The van der Waals surface area contributed by atoms with E-state index in [2.05, 4.69) is 18.2 Å². The summed E-state index contributed by atoms with van der Waals surface area (Å²) in [5.74, 6) is 3.25. The van der Waals surface area contributed by atoms with Crippen LogP contribution in [0.1, 0.15) is 25.3 Å². The normalized spacial score (nSPS) is 13.0. The summed E-state index contributed by atoms with van der Waals surface area (Å²) >= 11 is 0. The van der Waals surface area contributed by atoms with Gasteiger partial charge >= 0.3 is 0 Å². The van der Waals surface area contributed by atoms with Crippen LogP contribution < -0.4 is 10.1 Å². The maximum Gasteiger partial charge on any atom is 0.119 e. The SMILES string of the molecule is C#CCC(CC)NCC(O)COc1ccc(C#N)cc1. The zero-order valence-electron chi connectivity index (χ0n) is 11.7. The maximum absolute atomic E-state index is 9.83. The number of hydrogen-bond donors (Lipinski definition) is 2. The van der Waals surface area contributed by atoms with Crippen LogP contribution >= 0.6 is 0 Å². The van der Waals surface area contributed by atoms with E-state index in [1.807, 2.05) is 6.07 Å². The van der Waals surface area contributed by atoms with E-state index >= 15 is 0 Å². The quantitative estimate of drug-likeness (QED) is 0.707. The number of aliphatic hydroxyl groups is 1. The molecule has 0 aliphatic rings. The van der Waals surface area contributed by atoms with Crippen LogP contribution in [0.15, 0.2) is 24.3 Å². The van der Waals surface area contributed by atoms with E-state index < -0.39 is 6.10 Å². The Morgan fingerprint density at radius 3 is 2.65 bits per heavy atom. The van der Waals surface area contributed by atoms with Gasteiger partial charge in [-0.15, -0.1) is 12.3 Å². The predicted molar refractivity (Wildman–Crippen MR) is 78.2 cm³/mol. The molecular weight excluding hydrogens is 252 g/mol. The van der Waals surface area contributed by atoms with Gasteiger partial charge in [0.1, 0.15) is 18.5 Å². The second kappa shape index (κ2) is 8.98. The predicted octanol–water partition coefficient (Wildman–Crippen LogP) is 1.69. The molecule has 0 saturated heterocycles. The van der Waals surface area contributed by atoms with Crippen molar-refractivity contribution >= 4 is 0 Å². The maximum atomic E-state index is 9.83. The van der Waals surface area contributed by atoms with Crippen molar-refractivity contribution in [3.8, 4) is 24.2 Å². The minimum absolute atomic E-state index is 0.200. The summed E-state index contributed by atoms with van der Waals surface area (Å²) in [6.07, 6.45) is 6.25. The molecule has 20 heavy (non-hydrogen) atoms. The summed E-state index contributed by atoms with van der Waals surface area (Å²) < 4.78 is 5.45. The van der Waals surface area contributed by atoms with Gasteiger partial charge in [-0.3, -0.25) is 0 Å². The Morgan fingerprint density at radius 2 is 2.10 bits per heavy atom. The summed E-state index contributed by atoms with van der Waals surface area (Å²) in [6, 6.07) is 9.06. The molecule has 0 bridgehead atoms. The Labute approximate surface area is 120 Å². The van der Waals surface area contributed by atoms with E-state index in [-0.39, 0.29) is 12.6 Å². The van der Waals surface area contributed by atoms with E-state index in [0.29, 0.717) is 24.3 Å². The lowest BCUT2D eigenvalue weighted by Gasteiger charge is -2.18. The number of ether oxygens (including phenoxy) is 1. The standard InChI is InChI=1S/C16H20N2O2/c1-3-5-14(4-2)18-11-15(19)12-20-16-8-6-13(10-17)7-9-16/h1,6-9,14-15,18-19H,4-5,11-12H2,2H3. The number of aliphatic hydroxyl groups excluding tert-OH is 1. The van der Waals surface area contributed by atoms with E-state index in [4.69, 9.17) is 16.4 Å². The lowest BCUT2D eigenvalue weighted by Crippen LogP contribution is -2.37. The van der Waals surface area contributed by atoms with Gasteiger partial charge in [-0.2, -0.15) is 5.26 Å². The van der Waals surface area contributed by atoms with Crippen LogP contribution in [0, 0.1) is 23.7 Å². The Kier molecular flexibility index (Phi) is 7.21. The molecule has 1 rings (SSSR count). The first kappa shape index (κ1) is 16.0. The molecule has 106 valence electrons. The van der Waals surface area contributed by atoms with Crippen molar-refractivity contribution in [3.63, 3.8) is 0 Å². The van der Waals surface area contributed by atoms with Crippen molar-refractivity contribution < 1.29 is 9.84 Å². The number of benzene rings is 1. The van der Waals surface area contributed by atoms with Crippen molar-refractivity contribution in [1.82, 2.24) is 5.32 Å². The van der Waals surface area contributed by atoms with Crippen LogP contribution in [-0.2, 0) is 0 Å². The number of nitrogens with zero attached hydrogens (tertiary/aromatic N) is 1. The first-order chi connectivity index (χ1) is 9.69. The third kappa shape index (κ3) is 5.75. The van der Waals surface area contributed by atoms with E-state index in [1.165, 1.54) is 0 Å². The molecule has 2 unspecified atom stereocenters. The number of nitrogens with one attached hydrogen (secondary N) is 1. The summed E-state index contributed by atoms with van der Waals surface area (Å²) in [4.78, 5) is 0. The van der Waals surface area contributed by atoms with Gasteiger partial charge in [0.2, 0.25) is 0 Å². The highest BCUT2D eigenvalue weighted by atomic mass is 16.5. The van der Waals surface area contributed by atoms with Gasteiger partial charge in [-0.1, -0.05) is 6.92 Å². The van der Waals surface area contributed by atoms with Gasteiger partial charge in [0.15, 0.2) is 0 Å². The summed E-state index contributed by atoms with van der Waals surface area (Å²) in [6.45, 7) is 2.69. The lowest BCUT2D eigenvalue weighted by atomic mass is 10.1. The second-order valence-electron chi connectivity index (χ2n) is 4.52. The van der Waals surface area contributed by atoms with Gasteiger partial charge in [0, 0.05) is 19.0 Å². The van der Waals surface area contributed by atoms with Crippen LogP contribution in [0.2, 0.25) is 0 Å². The summed E-state index contributed by atoms with van der Waals surface area (Å²) in [7, 11) is 0. The van der Waals surface area contributed by atoms with Gasteiger partial charge in [0.25, 0.3) is 0 Å².